The zero-order valence-corrected chi connectivity index (χ0v) is 8.34. The summed E-state index contributed by atoms with van der Waals surface area (Å²) in [7, 11) is 0. The van der Waals surface area contributed by atoms with E-state index < -0.39 is 5.60 Å². The molecule has 2 nitrogen and oxygen atoms in total. The second kappa shape index (κ2) is 3.75. The van der Waals surface area contributed by atoms with Gasteiger partial charge < -0.3 is 9.84 Å². The van der Waals surface area contributed by atoms with E-state index >= 15 is 0 Å². The summed E-state index contributed by atoms with van der Waals surface area (Å²) < 4.78 is 5.59. The topological polar surface area (TPSA) is 29.5 Å². The zero-order chi connectivity index (χ0) is 9.19. The Balaban J connectivity index is 2.46. The minimum absolute atomic E-state index is 0.0300. The molecule has 2 heteroatoms. The molecule has 0 spiro atoms. The summed E-state index contributed by atoms with van der Waals surface area (Å²) >= 11 is 0. The van der Waals surface area contributed by atoms with Crippen molar-refractivity contribution >= 4 is 0 Å². The molecule has 0 bridgehead atoms. The highest BCUT2D eigenvalue weighted by molar-refractivity contribution is 4.80. The second-order valence-corrected chi connectivity index (χ2v) is 4.48. The molecule has 1 fully saturated rings. The minimum Gasteiger partial charge on any atom is -0.388 e. The predicted molar refractivity (Wildman–Crippen MR) is 49.1 cm³/mol. The van der Waals surface area contributed by atoms with Crippen LogP contribution in [0, 0.1) is 5.92 Å². The number of aliphatic hydroxyl groups is 1. The third-order valence-corrected chi connectivity index (χ3v) is 2.64. The summed E-state index contributed by atoms with van der Waals surface area (Å²) in [4.78, 5) is 0. The Labute approximate surface area is 74.9 Å². The largest absolute Gasteiger partial charge is 0.388 e. The average Bonchev–Trinajstić information content (AvgIpc) is 2.11. The van der Waals surface area contributed by atoms with E-state index in [1.807, 2.05) is 13.8 Å². The van der Waals surface area contributed by atoms with Crippen molar-refractivity contribution in [1.82, 2.24) is 0 Å². The molecule has 0 aliphatic carbocycles. The van der Waals surface area contributed by atoms with E-state index in [-0.39, 0.29) is 6.10 Å². The average molecular weight is 172 g/mol. The van der Waals surface area contributed by atoms with Crippen molar-refractivity contribution in [3.63, 3.8) is 0 Å². The molecule has 0 aromatic heterocycles. The first-order valence-electron chi connectivity index (χ1n) is 4.84. The smallest absolute Gasteiger partial charge is 0.0856 e. The van der Waals surface area contributed by atoms with Crippen molar-refractivity contribution in [2.75, 3.05) is 6.61 Å². The number of hydrogen-bond acceptors (Lipinski definition) is 2. The van der Waals surface area contributed by atoms with Gasteiger partial charge in [0.05, 0.1) is 11.7 Å². The van der Waals surface area contributed by atoms with Gasteiger partial charge in [-0.2, -0.15) is 0 Å². The summed E-state index contributed by atoms with van der Waals surface area (Å²) in [5.41, 5.74) is -0.677. The maximum Gasteiger partial charge on any atom is 0.0856 e. The Morgan fingerprint density at radius 1 is 1.25 bits per heavy atom. The second-order valence-electron chi connectivity index (χ2n) is 4.48. The van der Waals surface area contributed by atoms with Gasteiger partial charge in [0.25, 0.3) is 0 Å². The fraction of sp³-hybridized carbons (Fsp3) is 1.00. The molecular weight excluding hydrogens is 152 g/mol. The lowest BCUT2D eigenvalue weighted by Crippen LogP contribution is -2.37. The lowest BCUT2D eigenvalue weighted by molar-refractivity contribution is -0.0860. The van der Waals surface area contributed by atoms with Crippen LogP contribution in [0.15, 0.2) is 0 Å². The zero-order valence-electron chi connectivity index (χ0n) is 8.34. The maximum absolute atomic E-state index is 9.73. The predicted octanol–water partition coefficient (Wildman–Crippen LogP) is 1.96. The van der Waals surface area contributed by atoms with Crippen molar-refractivity contribution in [2.24, 2.45) is 5.92 Å². The molecule has 0 saturated carbocycles. The molecule has 1 heterocycles. The SMILES string of the molecule is CC1CCOC(C(C)(C)O)CC1. The molecule has 1 saturated heterocycles. The summed E-state index contributed by atoms with van der Waals surface area (Å²) in [6.07, 6.45) is 3.33. The van der Waals surface area contributed by atoms with E-state index in [1.54, 1.807) is 0 Å². The first-order chi connectivity index (χ1) is 5.50. The van der Waals surface area contributed by atoms with Crippen LogP contribution < -0.4 is 0 Å². The van der Waals surface area contributed by atoms with Crippen molar-refractivity contribution in [2.45, 2.75) is 51.7 Å². The first-order valence-corrected chi connectivity index (χ1v) is 4.84. The van der Waals surface area contributed by atoms with E-state index in [2.05, 4.69) is 6.92 Å². The normalized spacial score (nSPS) is 33.0. The maximum atomic E-state index is 9.73. The summed E-state index contributed by atoms with van der Waals surface area (Å²) in [5.74, 6) is 0.748. The van der Waals surface area contributed by atoms with Crippen LogP contribution in [0.5, 0.6) is 0 Å². The van der Waals surface area contributed by atoms with Gasteiger partial charge in [-0.05, 0) is 39.0 Å². The third kappa shape index (κ3) is 2.76. The quantitative estimate of drug-likeness (QED) is 0.655. The molecule has 0 radical (unpaired) electrons. The van der Waals surface area contributed by atoms with Crippen LogP contribution in [0.3, 0.4) is 0 Å². The van der Waals surface area contributed by atoms with Crippen molar-refractivity contribution in [3.8, 4) is 0 Å². The van der Waals surface area contributed by atoms with Gasteiger partial charge in [0, 0.05) is 6.61 Å². The van der Waals surface area contributed by atoms with Gasteiger partial charge >= 0.3 is 0 Å². The summed E-state index contributed by atoms with van der Waals surface area (Å²) in [5, 5.41) is 9.73. The Bertz CT molecular complexity index is 137. The van der Waals surface area contributed by atoms with E-state index in [4.69, 9.17) is 4.74 Å². The number of hydrogen-bond donors (Lipinski definition) is 1. The Morgan fingerprint density at radius 3 is 2.50 bits per heavy atom. The minimum atomic E-state index is -0.677. The monoisotopic (exact) mass is 172 g/mol. The van der Waals surface area contributed by atoms with Crippen LogP contribution >= 0.6 is 0 Å². The van der Waals surface area contributed by atoms with Gasteiger partial charge in [-0.3, -0.25) is 0 Å². The number of ether oxygens (including phenoxy) is 1. The molecule has 1 aliphatic rings. The molecule has 1 N–H and O–H groups in total. The number of rotatable bonds is 1. The highest BCUT2D eigenvalue weighted by atomic mass is 16.5. The van der Waals surface area contributed by atoms with Crippen LogP contribution in [0.2, 0.25) is 0 Å². The van der Waals surface area contributed by atoms with Gasteiger partial charge in [0.1, 0.15) is 0 Å². The molecule has 1 rings (SSSR count). The molecule has 0 aromatic carbocycles. The Morgan fingerprint density at radius 2 is 1.92 bits per heavy atom. The van der Waals surface area contributed by atoms with Gasteiger partial charge in [-0.1, -0.05) is 6.92 Å². The van der Waals surface area contributed by atoms with Crippen molar-refractivity contribution in [3.05, 3.63) is 0 Å². The van der Waals surface area contributed by atoms with Gasteiger partial charge in [-0.25, -0.2) is 0 Å². The lowest BCUT2D eigenvalue weighted by atomic mass is 9.94. The summed E-state index contributed by atoms with van der Waals surface area (Å²) in [6.45, 7) is 6.70. The van der Waals surface area contributed by atoms with E-state index in [1.165, 1.54) is 6.42 Å². The van der Waals surface area contributed by atoms with Crippen LogP contribution in [0.4, 0.5) is 0 Å². The first kappa shape index (κ1) is 10.0. The van der Waals surface area contributed by atoms with Crippen LogP contribution in [-0.4, -0.2) is 23.4 Å². The van der Waals surface area contributed by atoms with Crippen LogP contribution in [0.1, 0.15) is 40.0 Å². The molecule has 72 valence electrons. The van der Waals surface area contributed by atoms with E-state index in [0.29, 0.717) is 0 Å². The van der Waals surface area contributed by atoms with Crippen molar-refractivity contribution in [1.29, 1.82) is 0 Å². The Kier molecular flexibility index (Phi) is 3.13. The highest BCUT2D eigenvalue weighted by Gasteiger charge is 2.29. The molecule has 1 aliphatic heterocycles. The molecule has 0 amide bonds. The van der Waals surface area contributed by atoms with Gasteiger partial charge in [-0.15, -0.1) is 0 Å². The molecule has 0 aromatic rings. The summed E-state index contributed by atoms with van der Waals surface area (Å²) in [6, 6.07) is 0. The van der Waals surface area contributed by atoms with Gasteiger partial charge in [0.2, 0.25) is 0 Å². The van der Waals surface area contributed by atoms with Gasteiger partial charge in [0.15, 0.2) is 0 Å². The van der Waals surface area contributed by atoms with E-state index in [9.17, 15) is 5.11 Å². The third-order valence-electron chi connectivity index (χ3n) is 2.64. The molecule has 2 atom stereocenters. The molecule has 12 heavy (non-hydrogen) atoms. The van der Waals surface area contributed by atoms with Crippen LogP contribution in [0.25, 0.3) is 0 Å². The molecular formula is C10H20O2. The standard InChI is InChI=1S/C10H20O2/c1-8-4-5-9(10(2,3)11)12-7-6-8/h8-9,11H,4-7H2,1-3H3. The Hall–Kier alpha value is -0.0800. The lowest BCUT2D eigenvalue weighted by Gasteiger charge is -2.27. The highest BCUT2D eigenvalue weighted by Crippen LogP contribution is 2.25. The van der Waals surface area contributed by atoms with E-state index in [0.717, 1.165) is 25.4 Å². The molecule has 2 unspecified atom stereocenters. The van der Waals surface area contributed by atoms with Crippen LogP contribution in [-0.2, 0) is 4.74 Å². The van der Waals surface area contributed by atoms with Crippen molar-refractivity contribution < 1.29 is 9.84 Å². The fourth-order valence-electron chi connectivity index (χ4n) is 1.63. The fourth-order valence-corrected chi connectivity index (χ4v) is 1.63.